The fourth-order valence-electron chi connectivity index (χ4n) is 1.40. The molecule has 0 aromatic heterocycles. The van der Waals surface area contributed by atoms with Gasteiger partial charge in [-0.15, -0.1) is 0 Å². The van der Waals surface area contributed by atoms with E-state index in [-0.39, 0.29) is 5.91 Å². The molecule has 0 N–H and O–H groups in total. The van der Waals surface area contributed by atoms with Crippen molar-refractivity contribution in [3.8, 4) is 0 Å². The van der Waals surface area contributed by atoms with Crippen LogP contribution in [-0.4, -0.2) is 17.4 Å². The van der Waals surface area contributed by atoms with Crippen LogP contribution in [0.2, 0.25) is 0 Å². The van der Waals surface area contributed by atoms with Crippen molar-refractivity contribution in [1.29, 1.82) is 0 Å². The normalized spacial score (nSPS) is 10.3. The van der Waals surface area contributed by atoms with Gasteiger partial charge < -0.3 is 4.90 Å². The van der Waals surface area contributed by atoms with Gasteiger partial charge in [0.2, 0.25) is 5.91 Å². The highest BCUT2D eigenvalue weighted by molar-refractivity contribution is 5.87. The number of rotatable bonds is 5. The van der Waals surface area contributed by atoms with Crippen LogP contribution in [-0.2, 0) is 11.3 Å². The minimum Gasteiger partial charge on any atom is -0.331 e. The summed E-state index contributed by atoms with van der Waals surface area (Å²) in [5.74, 6) is -0.0399. The van der Waals surface area contributed by atoms with Crippen molar-refractivity contribution < 1.29 is 4.79 Å². The van der Waals surface area contributed by atoms with Gasteiger partial charge >= 0.3 is 0 Å². The van der Waals surface area contributed by atoms with Gasteiger partial charge in [-0.2, -0.15) is 0 Å². The van der Waals surface area contributed by atoms with Crippen molar-refractivity contribution in [3.63, 3.8) is 0 Å². The Balaban J connectivity index is 2.70. The Labute approximate surface area is 96.9 Å². The average molecular weight is 215 g/mol. The first kappa shape index (κ1) is 12.2. The maximum absolute atomic E-state index is 11.6. The van der Waals surface area contributed by atoms with Gasteiger partial charge in [0.1, 0.15) is 0 Å². The largest absolute Gasteiger partial charge is 0.331 e. The van der Waals surface area contributed by atoms with Gasteiger partial charge in [-0.25, -0.2) is 0 Å². The van der Waals surface area contributed by atoms with Crippen LogP contribution in [0.5, 0.6) is 0 Å². The van der Waals surface area contributed by atoms with E-state index in [1.165, 1.54) is 6.08 Å². The zero-order chi connectivity index (χ0) is 11.8. The van der Waals surface area contributed by atoms with Gasteiger partial charge in [0.15, 0.2) is 0 Å². The molecule has 84 valence electrons. The van der Waals surface area contributed by atoms with Crippen LogP contribution < -0.4 is 0 Å². The van der Waals surface area contributed by atoms with E-state index in [1.54, 1.807) is 4.90 Å². The van der Waals surface area contributed by atoms with E-state index < -0.39 is 0 Å². The molecular weight excluding hydrogens is 198 g/mol. The molecule has 16 heavy (non-hydrogen) atoms. The molecule has 0 spiro atoms. The summed E-state index contributed by atoms with van der Waals surface area (Å²) in [6, 6.07) is 9.94. The van der Waals surface area contributed by atoms with Crippen molar-refractivity contribution in [1.82, 2.24) is 4.90 Å². The maximum atomic E-state index is 11.6. The Hall–Kier alpha value is -1.83. The number of hydrogen-bond acceptors (Lipinski definition) is 1. The van der Waals surface area contributed by atoms with Crippen LogP contribution in [0.1, 0.15) is 12.5 Å². The molecule has 0 radical (unpaired) electrons. The van der Waals surface area contributed by atoms with E-state index in [2.05, 4.69) is 6.58 Å². The Bertz CT molecular complexity index is 368. The highest BCUT2D eigenvalue weighted by Crippen LogP contribution is 2.05. The molecule has 0 heterocycles. The SMILES string of the molecule is C=CC(=O)N(C/C=C/C)Cc1ccccc1. The lowest BCUT2D eigenvalue weighted by molar-refractivity contribution is -0.126. The van der Waals surface area contributed by atoms with Gasteiger partial charge in [-0.3, -0.25) is 4.79 Å². The molecule has 1 aromatic rings. The fourth-order valence-corrected chi connectivity index (χ4v) is 1.40. The van der Waals surface area contributed by atoms with E-state index in [4.69, 9.17) is 0 Å². The lowest BCUT2D eigenvalue weighted by Gasteiger charge is -2.19. The number of nitrogens with zero attached hydrogens (tertiary/aromatic N) is 1. The Morgan fingerprint density at radius 1 is 1.38 bits per heavy atom. The molecule has 1 aromatic carbocycles. The van der Waals surface area contributed by atoms with Crippen molar-refractivity contribution in [2.24, 2.45) is 0 Å². The minimum atomic E-state index is -0.0399. The molecule has 0 aliphatic rings. The zero-order valence-corrected chi connectivity index (χ0v) is 9.60. The van der Waals surface area contributed by atoms with Crippen LogP contribution in [0.3, 0.4) is 0 Å². The number of amides is 1. The number of carbonyl (C=O) groups is 1. The molecule has 0 unspecified atom stereocenters. The maximum Gasteiger partial charge on any atom is 0.246 e. The third-order valence-electron chi connectivity index (χ3n) is 2.26. The molecule has 2 nitrogen and oxygen atoms in total. The number of hydrogen-bond donors (Lipinski definition) is 0. The lowest BCUT2D eigenvalue weighted by atomic mass is 10.2. The lowest BCUT2D eigenvalue weighted by Crippen LogP contribution is -2.28. The standard InChI is InChI=1S/C14H17NO/c1-3-5-11-15(14(16)4-2)12-13-9-7-6-8-10-13/h3-10H,2,11-12H2,1H3/b5-3+. The molecule has 0 saturated heterocycles. The summed E-state index contributed by atoms with van der Waals surface area (Å²) in [6.45, 7) is 6.70. The zero-order valence-electron chi connectivity index (χ0n) is 9.60. The predicted octanol–water partition coefficient (Wildman–Crippen LogP) is 2.78. The molecule has 0 aliphatic carbocycles. The third kappa shape index (κ3) is 3.73. The molecule has 1 amide bonds. The third-order valence-corrected chi connectivity index (χ3v) is 2.26. The average Bonchev–Trinajstić information content (AvgIpc) is 2.34. The first-order chi connectivity index (χ1) is 7.77. The number of allylic oxidation sites excluding steroid dienone is 1. The number of benzene rings is 1. The van der Waals surface area contributed by atoms with Gasteiger partial charge in [0.05, 0.1) is 0 Å². The van der Waals surface area contributed by atoms with Crippen molar-refractivity contribution in [2.45, 2.75) is 13.5 Å². The summed E-state index contributed by atoms with van der Waals surface area (Å²) in [5.41, 5.74) is 1.13. The van der Waals surface area contributed by atoms with E-state index in [1.807, 2.05) is 49.4 Å². The van der Waals surface area contributed by atoms with Crippen LogP contribution in [0.4, 0.5) is 0 Å². The van der Waals surface area contributed by atoms with Gasteiger partial charge in [0.25, 0.3) is 0 Å². The molecule has 0 saturated carbocycles. The highest BCUT2D eigenvalue weighted by atomic mass is 16.2. The van der Waals surface area contributed by atoms with E-state index >= 15 is 0 Å². The molecule has 2 heteroatoms. The van der Waals surface area contributed by atoms with E-state index in [9.17, 15) is 4.79 Å². The van der Waals surface area contributed by atoms with Crippen molar-refractivity contribution >= 4 is 5.91 Å². The molecule has 0 bridgehead atoms. The molecular formula is C14H17NO. The Kier molecular flexibility index (Phi) is 5.06. The Morgan fingerprint density at radius 2 is 2.06 bits per heavy atom. The first-order valence-electron chi connectivity index (χ1n) is 5.34. The summed E-state index contributed by atoms with van der Waals surface area (Å²) < 4.78 is 0. The van der Waals surface area contributed by atoms with E-state index in [0.29, 0.717) is 13.1 Å². The van der Waals surface area contributed by atoms with E-state index in [0.717, 1.165) is 5.56 Å². The van der Waals surface area contributed by atoms with Gasteiger partial charge in [-0.05, 0) is 18.6 Å². The van der Waals surface area contributed by atoms with Crippen LogP contribution in [0.15, 0.2) is 55.1 Å². The summed E-state index contributed by atoms with van der Waals surface area (Å²) in [6.07, 6.45) is 5.26. The second kappa shape index (κ2) is 6.62. The summed E-state index contributed by atoms with van der Waals surface area (Å²) in [7, 11) is 0. The topological polar surface area (TPSA) is 20.3 Å². The minimum absolute atomic E-state index is 0.0399. The predicted molar refractivity (Wildman–Crippen MR) is 66.9 cm³/mol. The highest BCUT2D eigenvalue weighted by Gasteiger charge is 2.08. The molecule has 0 fully saturated rings. The van der Waals surface area contributed by atoms with Gasteiger partial charge in [-0.1, -0.05) is 49.1 Å². The van der Waals surface area contributed by atoms with Gasteiger partial charge in [0, 0.05) is 13.1 Å². The fraction of sp³-hybridized carbons (Fsp3) is 0.214. The summed E-state index contributed by atoms with van der Waals surface area (Å²) >= 11 is 0. The Morgan fingerprint density at radius 3 is 2.62 bits per heavy atom. The monoisotopic (exact) mass is 215 g/mol. The van der Waals surface area contributed by atoms with Crippen molar-refractivity contribution in [3.05, 3.63) is 60.7 Å². The first-order valence-corrected chi connectivity index (χ1v) is 5.34. The summed E-state index contributed by atoms with van der Waals surface area (Å²) in [5, 5.41) is 0. The number of carbonyl (C=O) groups excluding carboxylic acids is 1. The van der Waals surface area contributed by atoms with Crippen LogP contribution in [0, 0.1) is 0 Å². The quantitative estimate of drug-likeness (QED) is 0.546. The smallest absolute Gasteiger partial charge is 0.246 e. The molecule has 0 atom stereocenters. The van der Waals surface area contributed by atoms with Crippen LogP contribution in [0.25, 0.3) is 0 Å². The summed E-state index contributed by atoms with van der Waals surface area (Å²) in [4.78, 5) is 13.3. The van der Waals surface area contributed by atoms with Crippen molar-refractivity contribution in [2.75, 3.05) is 6.54 Å². The van der Waals surface area contributed by atoms with Crippen LogP contribution >= 0.6 is 0 Å². The molecule has 1 rings (SSSR count). The molecule has 0 aliphatic heterocycles. The second-order valence-corrected chi connectivity index (χ2v) is 3.48. The second-order valence-electron chi connectivity index (χ2n) is 3.48.